The molecule has 12 rings (SSSR count). The van der Waals surface area contributed by atoms with Crippen LogP contribution in [0.4, 0.5) is 0 Å². The highest BCUT2D eigenvalue weighted by Crippen LogP contribution is 2.45. The number of benzene rings is 10. The van der Waals surface area contributed by atoms with Gasteiger partial charge in [-0.25, -0.2) is 0 Å². The van der Waals surface area contributed by atoms with Gasteiger partial charge in [-0.05, 0) is 97.2 Å². The first-order valence-corrected chi connectivity index (χ1v) is 18.7. The molecule has 12 aromatic rings. The Morgan fingerprint density at radius 3 is 1.63 bits per heavy atom. The molecule has 2 aromatic heterocycles. The molecule has 2 nitrogen and oxygen atoms in total. The van der Waals surface area contributed by atoms with Gasteiger partial charge in [0.05, 0.1) is 27.8 Å². The molecule has 0 saturated carbocycles. The molecule has 0 amide bonds. The van der Waals surface area contributed by atoms with Crippen LogP contribution in [0.25, 0.3) is 109 Å². The molecular formula is C52H32N2. The van der Waals surface area contributed by atoms with Crippen molar-refractivity contribution in [1.82, 2.24) is 9.13 Å². The van der Waals surface area contributed by atoms with Crippen LogP contribution in [0.5, 0.6) is 0 Å². The van der Waals surface area contributed by atoms with Crippen molar-refractivity contribution in [3.63, 3.8) is 0 Å². The van der Waals surface area contributed by atoms with Crippen molar-refractivity contribution < 1.29 is 0 Å². The van der Waals surface area contributed by atoms with Gasteiger partial charge >= 0.3 is 0 Å². The first-order chi connectivity index (χ1) is 26.8. The Morgan fingerprint density at radius 2 is 0.870 bits per heavy atom. The molecule has 0 N–H and O–H groups in total. The summed E-state index contributed by atoms with van der Waals surface area (Å²) in [6.45, 7) is 0. The van der Waals surface area contributed by atoms with Gasteiger partial charge in [-0.2, -0.15) is 0 Å². The van der Waals surface area contributed by atoms with Crippen LogP contribution in [0, 0.1) is 0 Å². The first-order valence-electron chi connectivity index (χ1n) is 18.7. The number of nitrogens with zero attached hydrogens (tertiary/aromatic N) is 2. The quantitative estimate of drug-likeness (QED) is 0.164. The SMILES string of the molecule is c1ccc(-n2c3cc4ccccc4cc3c3ccc4c(c5ccccc5n4-c4ccccc4-c4ccc5c6ccccc6c6ccccc6c5c4)c32)cc1. The molecule has 0 aliphatic heterocycles. The topological polar surface area (TPSA) is 9.86 Å². The summed E-state index contributed by atoms with van der Waals surface area (Å²) in [6.07, 6.45) is 0. The molecule has 2 heteroatoms. The first kappa shape index (κ1) is 29.4. The molecule has 250 valence electrons. The number of rotatable bonds is 3. The maximum Gasteiger partial charge on any atom is 0.0641 e. The highest BCUT2D eigenvalue weighted by Gasteiger charge is 2.22. The van der Waals surface area contributed by atoms with E-state index in [1.54, 1.807) is 0 Å². The molecular weight excluding hydrogens is 653 g/mol. The number of hydrogen-bond acceptors (Lipinski definition) is 0. The fraction of sp³-hybridized carbons (Fsp3) is 0. The number of hydrogen-bond donors (Lipinski definition) is 0. The van der Waals surface area contributed by atoms with E-state index in [0.29, 0.717) is 0 Å². The molecule has 0 unspecified atom stereocenters. The summed E-state index contributed by atoms with van der Waals surface area (Å²) in [5.41, 5.74) is 9.58. The molecule has 0 saturated heterocycles. The van der Waals surface area contributed by atoms with E-state index in [2.05, 4.69) is 203 Å². The van der Waals surface area contributed by atoms with E-state index in [1.807, 2.05) is 0 Å². The van der Waals surface area contributed by atoms with Gasteiger partial charge in [-0.1, -0.05) is 146 Å². The molecule has 0 fully saturated rings. The van der Waals surface area contributed by atoms with E-state index >= 15 is 0 Å². The van der Waals surface area contributed by atoms with Crippen LogP contribution in [0.3, 0.4) is 0 Å². The third kappa shape index (κ3) is 4.05. The monoisotopic (exact) mass is 684 g/mol. The van der Waals surface area contributed by atoms with Crippen LogP contribution in [-0.2, 0) is 0 Å². The van der Waals surface area contributed by atoms with Crippen molar-refractivity contribution >= 4 is 86.7 Å². The lowest BCUT2D eigenvalue weighted by Gasteiger charge is -2.16. The average molecular weight is 685 g/mol. The fourth-order valence-electron chi connectivity index (χ4n) is 9.33. The Balaban J connectivity index is 1.19. The van der Waals surface area contributed by atoms with E-state index < -0.39 is 0 Å². The zero-order valence-corrected chi connectivity index (χ0v) is 29.4. The minimum absolute atomic E-state index is 1.16. The van der Waals surface area contributed by atoms with Crippen LogP contribution in [-0.4, -0.2) is 9.13 Å². The van der Waals surface area contributed by atoms with Crippen LogP contribution in [0.1, 0.15) is 0 Å². The van der Waals surface area contributed by atoms with Gasteiger partial charge in [0.15, 0.2) is 0 Å². The third-order valence-electron chi connectivity index (χ3n) is 11.6. The second kappa shape index (κ2) is 11.2. The lowest BCUT2D eigenvalue weighted by molar-refractivity contribution is 1.18. The highest BCUT2D eigenvalue weighted by molar-refractivity contribution is 6.28. The molecule has 54 heavy (non-hydrogen) atoms. The highest BCUT2D eigenvalue weighted by atomic mass is 15.0. The predicted molar refractivity (Wildman–Crippen MR) is 231 cm³/mol. The standard InChI is InChI=1S/C52H32N2/c1-2-16-36(17-3-1)53-50-32-34-15-5-4-14-33(34)30-46(50)43-28-29-49-51(52(43)53)44-23-11-13-25-48(44)54(49)47-24-12-10-18-37(47)35-26-27-42-40-21-7-6-19-38(40)39-20-8-9-22-41(39)45(42)31-35/h1-32H. The summed E-state index contributed by atoms with van der Waals surface area (Å²) in [7, 11) is 0. The zero-order chi connectivity index (χ0) is 35.3. The Kier molecular flexibility index (Phi) is 6.09. The summed E-state index contributed by atoms with van der Waals surface area (Å²) < 4.78 is 4.98. The third-order valence-corrected chi connectivity index (χ3v) is 11.6. The Labute approximate surface area is 311 Å². The van der Waals surface area contributed by atoms with Crippen molar-refractivity contribution in [3.8, 4) is 22.5 Å². The van der Waals surface area contributed by atoms with Crippen LogP contribution < -0.4 is 0 Å². The van der Waals surface area contributed by atoms with Crippen molar-refractivity contribution in [2.24, 2.45) is 0 Å². The van der Waals surface area contributed by atoms with E-state index in [0.717, 1.165) is 5.69 Å². The Bertz CT molecular complexity index is 3460. The zero-order valence-electron chi connectivity index (χ0n) is 29.4. The average Bonchev–Trinajstić information content (AvgIpc) is 3.75. The van der Waals surface area contributed by atoms with Crippen LogP contribution in [0.15, 0.2) is 194 Å². The van der Waals surface area contributed by atoms with Gasteiger partial charge in [-0.3, -0.25) is 0 Å². The lowest BCUT2D eigenvalue weighted by atomic mass is 9.92. The van der Waals surface area contributed by atoms with E-state index in [-0.39, 0.29) is 0 Å². The van der Waals surface area contributed by atoms with Gasteiger partial charge in [0.2, 0.25) is 0 Å². The van der Waals surface area contributed by atoms with Gasteiger partial charge < -0.3 is 9.13 Å². The van der Waals surface area contributed by atoms with Crippen molar-refractivity contribution in [2.45, 2.75) is 0 Å². The molecule has 0 bridgehead atoms. The normalized spacial score (nSPS) is 12.1. The van der Waals surface area contributed by atoms with Crippen molar-refractivity contribution in [1.29, 1.82) is 0 Å². The fourth-order valence-corrected chi connectivity index (χ4v) is 9.33. The van der Waals surface area contributed by atoms with Gasteiger partial charge in [-0.15, -0.1) is 0 Å². The van der Waals surface area contributed by atoms with Crippen molar-refractivity contribution in [3.05, 3.63) is 194 Å². The summed E-state index contributed by atoms with van der Waals surface area (Å²) in [5.74, 6) is 0. The molecule has 0 aliphatic rings. The molecule has 0 aliphatic carbocycles. The predicted octanol–water partition coefficient (Wildman–Crippen LogP) is 14.2. The lowest BCUT2D eigenvalue weighted by Crippen LogP contribution is -1.97. The van der Waals surface area contributed by atoms with Gasteiger partial charge in [0.1, 0.15) is 0 Å². The number of fused-ring (bicyclic) bond motifs is 14. The summed E-state index contributed by atoms with van der Waals surface area (Å²) in [4.78, 5) is 0. The summed E-state index contributed by atoms with van der Waals surface area (Å²) in [5, 5.41) is 15.3. The minimum atomic E-state index is 1.16. The molecule has 0 radical (unpaired) electrons. The second-order valence-corrected chi connectivity index (χ2v) is 14.5. The maximum atomic E-state index is 2.49. The molecule has 2 heterocycles. The Hall–Kier alpha value is -7.16. The molecule has 0 spiro atoms. The summed E-state index contributed by atoms with van der Waals surface area (Å²) in [6, 6.07) is 71.5. The molecule has 10 aromatic carbocycles. The van der Waals surface area contributed by atoms with Crippen LogP contribution >= 0.6 is 0 Å². The van der Waals surface area contributed by atoms with E-state index in [1.165, 1.54) is 104 Å². The van der Waals surface area contributed by atoms with Gasteiger partial charge in [0.25, 0.3) is 0 Å². The maximum absolute atomic E-state index is 2.49. The summed E-state index contributed by atoms with van der Waals surface area (Å²) >= 11 is 0. The second-order valence-electron chi connectivity index (χ2n) is 14.5. The van der Waals surface area contributed by atoms with E-state index in [4.69, 9.17) is 0 Å². The van der Waals surface area contributed by atoms with Crippen molar-refractivity contribution in [2.75, 3.05) is 0 Å². The smallest absolute Gasteiger partial charge is 0.0641 e. The number of aromatic nitrogens is 2. The number of para-hydroxylation sites is 3. The van der Waals surface area contributed by atoms with Crippen LogP contribution in [0.2, 0.25) is 0 Å². The largest absolute Gasteiger partial charge is 0.309 e. The van der Waals surface area contributed by atoms with Gasteiger partial charge in [0, 0.05) is 32.8 Å². The Morgan fingerprint density at radius 1 is 0.296 bits per heavy atom. The molecule has 0 atom stereocenters. The minimum Gasteiger partial charge on any atom is -0.309 e. The van der Waals surface area contributed by atoms with E-state index in [9.17, 15) is 0 Å².